The van der Waals surface area contributed by atoms with Gasteiger partial charge in [-0.05, 0) is 31.5 Å². The quantitative estimate of drug-likeness (QED) is 0.478. The van der Waals surface area contributed by atoms with Crippen LogP contribution in [-0.2, 0) is 19.1 Å². The molecule has 2 heterocycles. The number of primary amides is 1. The van der Waals surface area contributed by atoms with Gasteiger partial charge in [-0.3, -0.25) is 14.4 Å². The summed E-state index contributed by atoms with van der Waals surface area (Å²) in [6.45, 7) is 2.68. The number of thiophene rings is 1. The number of fused-ring (bicyclic) bond motifs is 2. The zero-order valence-electron chi connectivity index (χ0n) is 19.0. The molecular weight excluding hydrogens is 472 g/mol. The molecule has 0 bridgehead atoms. The van der Waals surface area contributed by atoms with Crippen molar-refractivity contribution < 1.29 is 33.4 Å². The molecule has 0 unspecified atom stereocenters. The standard InChI is InChI=1S/C25H22N2O7S/c1-3-32-24(30)19-13(2)21(22(26)29)35-23(19)27-18(28)12-33-25(31)20-14-8-4-6-10-16(14)34-17-11-7-5-9-15(17)20/h4-11,20H,3,12H2,1-2H3,(H2,26,29)(H,27,28). The van der Waals surface area contributed by atoms with E-state index in [1.54, 1.807) is 62.4 Å². The number of hydrogen-bond donors (Lipinski definition) is 2. The van der Waals surface area contributed by atoms with E-state index in [0.29, 0.717) is 28.2 Å². The molecule has 2 amide bonds. The summed E-state index contributed by atoms with van der Waals surface area (Å²) >= 11 is 0.856. The third-order valence-corrected chi connectivity index (χ3v) is 6.59. The van der Waals surface area contributed by atoms with E-state index >= 15 is 0 Å². The van der Waals surface area contributed by atoms with E-state index < -0.39 is 36.3 Å². The molecule has 0 fully saturated rings. The van der Waals surface area contributed by atoms with E-state index in [1.807, 2.05) is 0 Å². The van der Waals surface area contributed by atoms with Crippen molar-refractivity contribution in [2.45, 2.75) is 19.8 Å². The lowest BCUT2D eigenvalue weighted by Crippen LogP contribution is -2.26. The molecule has 0 atom stereocenters. The topological polar surface area (TPSA) is 134 Å². The van der Waals surface area contributed by atoms with Gasteiger partial charge in [-0.2, -0.15) is 0 Å². The first-order valence-corrected chi connectivity index (χ1v) is 11.6. The molecular formula is C25H22N2O7S. The third-order valence-electron chi connectivity index (χ3n) is 5.36. The van der Waals surface area contributed by atoms with E-state index in [2.05, 4.69) is 5.32 Å². The van der Waals surface area contributed by atoms with Crippen LogP contribution in [0.1, 0.15) is 49.6 Å². The average molecular weight is 495 g/mol. The second-order valence-corrected chi connectivity index (χ2v) is 8.63. The van der Waals surface area contributed by atoms with E-state index in [1.165, 1.54) is 0 Å². The van der Waals surface area contributed by atoms with Gasteiger partial charge in [-0.15, -0.1) is 11.3 Å². The van der Waals surface area contributed by atoms with E-state index in [9.17, 15) is 19.2 Å². The molecule has 0 radical (unpaired) electrons. The largest absolute Gasteiger partial charge is 0.462 e. The van der Waals surface area contributed by atoms with E-state index in [-0.39, 0.29) is 22.0 Å². The molecule has 1 aromatic heterocycles. The highest BCUT2D eigenvalue weighted by Gasteiger charge is 2.34. The maximum absolute atomic E-state index is 13.1. The van der Waals surface area contributed by atoms with Crippen molar-refractivity contribution in [1.29, 1.82) is 0 Å². The monoisotopic (exact) mass is 494 g/mol. The molecule has 0 saturated carbocycles. The van der Waals surface area contributed by atoms with Gasteiger partial charge in [0.1, 0.15) is 22.4 Å². The lowest BCUT2D eigenvalue weighted by Gasteiger charge is -2.26. The molecule has 1 aliphatic rings. The summed E-state index contributed by atoms with van der Waals surface area (Å²) in [6, 6.07) is 14.2. The first kappa shape index (κ1) is 24.0. The van der Waals surface area contributed by atoms with Gasteiger partial charge in [0.15, 0.2) is 6.61 Å². The molecule has 35 heavy (non-hydrogen) atoms. The molecule has 0 saturated heterocycles. The Morgan fingerprint density at radius 3 is 2.17 bits per heavy atom. The fourth-order valence-corrected chi connectivity index (χ4v) is 4.90. The molecule has 0 aliphatic carbocycles. The smallest absolute Gasteiger partial charge is 0.341 e. The van der Waals surface area contributed by atoms with E-state index in [0.717, 1.165) is 11.3 Å². The Kier molecular flexibility index (Phi) is 6.83. The molecule has 3 N–H and O–H groups in total. The molecule has 3 aromatic rings. The Bertz CT molecular complexity index is 1290. The normalized spacial score (nSPS) is 12.1. The number of amides is 2. The molecule has 9 nitrogen and oxygen atoms in total. The third kappa shape index (κ3) is 4.73. The van der Waals surface area contributed by atoms with Crippen molar-refractivity contribution in [1.82, 2.24) is 0 Å². The van der Waals surface area contributed by atoms with Crippen LogP contribution in [-0.4, -0.2) is 37.0 Å². The first-order valence-electron chi connectivity index (χ1n) is 10.7. The SMILES string of the molecule is CCOC(=O)c1c(NC(=O)COC(=O)C2c3ccccc3Oc3ccccc32)sc(C(N)=O)c1C. The van der Waals surface area contributed by atoms with Gasteiger partial charge >= 0.3 is 11.9 Å². The Hall–Kier alpha value is -4.18. The summed E-state index contributed by atoms with van der Waals surface area (Å²) in [4.78, 5) is 50.0. The van der Waals surface area contributed by atoms with Gasteiger partial charge in [-0.1, -0.05) is 36.4 Å². The average Bonchev–Trinajstić information content (AvgIpc) is 3.16. The zero-order valence-corrected chi connectivity index (χ0v) is 19.8. The number of esters is 2. The number of nitrogens with two attached hydrogens (primary N) is 1. The number of para-hydroxylation sites is 2. The minimum atomic E-state index is -0.774. The van der Waals surface area contributed by atoms with Crippen molar-refractivity contribution in [2.24, 2.45) is 5.73 Å². The molecule has 0 spiro atoms. The Labute approximate surface area is 204 Å². The number of benzene rings is 2. The minimum Gasteiger partial charge on any atom is -0.462 e. The van der Waals surface area contributed by atoms with Crippen molar-refractivity contribution in [2.75, 3.05) is 18.5 Å². The Balaban J connectivity index is 1.52. The van der Waals surface area contributed by atoms with Crippen molar-refractivity contribution in [3.63, 3.8) is 0 Å². The lowest BCUT2D eigenvalue weighted by molar-refractivity contribution is -0.148. The summed E-state index contributed by atoms with van der Waals surface area (Å²) in [7, 11) is 0. The van der Waals surface area contributed by atoms with Crippen molar-refractivity contribution in [3.8, 4) is 11.5 Å². The highest BCUT2D eigenvalue weighted by molar-refractivity contribution is 7.18. The second kappa shape index (κ2) is 9.98. The summed E-state index contributed by atoms with van der Waals surface area (Å²) < 4.78 is 16.3. The maximum Gasteiger partial charge on any atom is 0.341 e. The summed E-state index contributed by atoms with van der Waals surface area (Å²) in [6.07, 6.45) is 0. The number of nitrogens with one attached hydrogen (secondary N) is 1. The number of rotatable bonds is 7. The molecule has 1 aliphatic heterocycles. The minimum absolute atomic E-state index is 0.0395. The Morgan fingerprint density at radius 1 is 1.00 bits per heavy atom. The predicted molar refractivity (Wildman–Crippen MR) is 128 cm³/mol. The number of carbonyl (C=O) groups excluding carboxylic acids is 4. The van der Waals surface area contributed by atoms with Gasteiger partial charge in [0, 0.05) is 11.1 Å². The highest BCUT2D eigenvalue weighted by atomic mass is 32.1. The number of carbonyl (C=O) groups is 4. The van der Waals surface area contributed by atoms with Crippen LogP contribution in [0.2, 0.25) is 0 Å². The highest BCUT2D eigenvalue weighted by Crippen LogP contribution is 2.44. The molecule has 10 heteroatoms. The summed E-state index contributed by atoms with van der Waals surface area (Å²) in [5, 5.41) is 2.63. The molecule has 180 valence electrons. The van der Waals surface area contributed by atoms with Gasteiger partial charge in [0.25, 0.3) is 11.8 Å². The van der Waals surface area contributed by atoms with Crippen LogP contribution in [0.5, 0.6) is 11.5 Å². The predicted octanol–water partition coefficient (Wildman–Crippen LogP) is 3.75. The van der Waals surface area contributed by atoms with E-state index in [4.69, 9.17) is 19.9 Å². The first-order chi connectivity index (χ1) is 16.8. The Morgan fingerprint density at radius 2 is 1.60 bits per heavy atom. The van der Waals surface area contributed by atoms with Crippen LogP contribution in [0, 0.1) is 6.92 Å². The molecule has 2 aromatic carbocycles. The van der Waals surface area contributed by atoms with Crippen molar-refractivity contribution in [3.05, 3.63) is 75.7 Å². The van der Waals surface area contributed by atoms with Crippen molar-refractivity contribution >= 4 is 40.1 Å². The van der Waals surface area contributed by atoms with Gasteiger partial charge in [0.2, 0.25) is 0 Å². The zero-order chi connectivity index (χ0) is 25.1. The van der Waals surface area contributed by atoms with Crippen LogP contribution < -0.4 is 15.8 Å². The van der Waals surface area contributed by atoms with Crippen LogP contribution in [0.4, 0.5) is 5.00 Å². The summed E-state index contributed by atoms with van der Waals surface area (Å²) in [5.74, 6) is -2.46. The fraction of sp³-hybridized carbons (Fsp3) is 0.200. The second-order valence-electron chi connectivity index (χ2n) is 7.61. The van der Waals surface area contributed by atoms with Gasteiger partial charge in [-0.25, -0.2) is 4.79 Å². The van der Waals surface area contributed by atoms with Crippen LogP contribution in [0.25, 0.3) is 0 Å². The number of hydrogen-bond acceptors (Lipinski definition) is 8. The molecule has 4 rings (SSSR count). The van der Waals surface area contributed by atoms with Crippen LogP contribution >= 0.6 is 11.3 Å². The number of anilines is 1. The summed E-state index contributed by atoms with van der Waals surface area (Å²) in [5.41, 5.74) is 6.99. The maximum atomic E-state index is 13.1. The van der Waals surface area contributed by atoms with Gasteiger partial charge in [0.05, 0.1) is 17.0 Å². The van der Waals surface area contributed by atoms with Gasteiger partial charge < -0.3 is 25.3 Å². The lowest BCUT2D eigenvalue weighted by atomic mass is 9.88. The number of ether oxygens (including phenoxy) is 3. The fourth-order valence-electron chi connectivity index (χ4n) is 3.83. The van der Waals surface area contributed by atoms with Crippen LogP contribution in [0.3, 0.4) is 0 Å². The van der Waals surface area contributed by atoms with Crippen LogP contribution in [0.15, 0.2) is 48.5 Å².